The summed E-state index contributed by atoms with van der Waals surface area (Å²) in [6.45, 7) is 7.80. The van der Waals surface area contributed by atoms with Gasteiger partial charge in [-0.15, -0.1) is 0 Å². The average molecular weight is 236 g/mol. The van der Waals surface area contributed by atoms with E-state index < -0.39 is 0 Å². The Bertz CT molecular complexity index is 401. The summed E-state index contributed by atoms with van der Waals surface area (Å²) in [6.07, 6.45) is 0.390. The molecule has 5 heteroatoms. The molecule has 1 aliphatic rings. The third-order valence-electron chi connectivity index (χ3n) is 3.45. The zero-order valence-corrected chi connectivity index (χ0v) is 10.7. The van der Waals surface area contributed by atoms with Crippen LogP contribution in [0.4, 0.5) is 0 Å². The second-order valence-corrected chi connectivity index (χ2v) is 4.79. The van der Waals surface area contributed by atoms with E-state index in [0.717, 1.165) is 24.5 Å². The Hall–Kier alpha value is -1.36. The van der Waals surface area contributed by atoms with Crippen LogP contribution in [-0.2, 0) is 11.2 Å². The Morgan fingerprint density at radius 2 is 2.35 bits per heavy atom. The standard InChI is InChI=1S/C12H20N4O/c1-8-6-11(15-14-8)7-12(17)16-5-4-13-9(2)10(16)3/h6,9-10,13H,4-5,7H2,1-3H3,(H,14,15). The number of rotatable bonds is 2. The van der Waals surface area contributed by atoms with Gasteiger partial charge in [-0.1, -0.05) is 0 Å². The molecule has 0 bridgehead atoms. The monoisotopic (exact) mass is 236 g/mol. The molecule has 0 spiro atoms. The zero-order chi connectivity index (χ0) is 12.4. The fourth-order valence-corrected chi connectivity index (χ4v) is 2.23. The summed E-state index contributed by atoms with van der Waals surface area (Å²) in [7, 11) is 0. The average Bonchev–Trinajstić information content (AvgIpc) is 2.68. The number of piperazine rings is 1. The molecule has 17 heavy (non-hydrogen) atoms. The topological polar surface area (TPSA) is 61.0 Å². The summed E-state index contributed by atoms with van der Waals surface area (Å²) in [5.74, 6) is 0.164. The van der Waals surface area contributed by atoms with Crippen LogP contribution >= 0.6 is 0 Å². The molecular weight excluding hydrogens is 216 g/mol. The minimum absolute atomic E-state index is 0.164. The summed E-state index contributed by atoms with van der Waals surface area (Å²) in [4.78, 5) is 14.1. The molecule has 1 aromatic heterocycles. The van der Waals surface area contributed by atoms with Gasteiger partial charge in [-0.3, -0.25) is 9.89 Å². The highest BCUT2D eigenvalue weighted by Gasteiger charge is 2.28. The normalized spacial score (nSPS) is 25.0. The number of aryl methyl sites for hydroxylation is 1. The SMILES string of the molecule is Cc1cc(CC(=O)N2CCNC(C)C2C)n[nH]1. The van der Waals surface area contributed by atoms with Gasteiger partial charge < -0.3 is 10.2 Å². The highest BCUT2D eigenvalue weighted by atomic mass is 16.2. The molecule has 1 saturated heterocycles. The summed E-state index contributed by atoms with van der Waals surface area (Å²) >= 11 is 0. The Kier molecular flexibility index (Phi) is 3.47. The van der Waals surface area contributed by atoms with Crippen molar-refractivity contribution in [1.29, 1.82) is 0 Å². The van der Waals surface area contributed by atoms with Gasteiger partial charge in [0.25, 0.3) is 0 Å². The highest BCUT2D eigenvalue weighted by Crippen LogP contribution is 2.11. The third kappa shape index (κ3) is 2.66. The van der Waals surface area contributed by atoms with E-state index in [-0.39, 0.29) is 11.9 Å². The van der Waals surface area contributed by atoms with Crippen molar-refractivity contribution >= 4 is 5.91 Å². The fraction of sp³-hybridized carbons (Fsp3) is 0.667. The van der Waals surface area contributed by atoms with Crippen molar-refractivity contribution in [3.8, 4) is 0 Å². The molecule has 1 fully saturated rings. The summed E-state index contributed by atoms with van der Waals surface area (Å²) < 4.78 is 0. The van der Waals surface area contributed by atoms with Crippen molar-refractivity contribution in [3.63, 3.8) is 0 Å². The molecule has 1 amide bonds. The van der Waals surface area contributed by atoms with Crippen molar-refractivity contribution in [2.45, 2.75) is 39.3 Å². The largest absolute Gasteiger partial charge is 0.337 e. The molecule has 2 unspecified atom stereocenters. The van der Waals surface area contributed by atoms with Crippen LogP contribution in [0.1, 0.15) is 25.2 Å². The fourth-order valence-electron chi connectivity index (χ4n) is 2.23. The quantitative estimate of drug-likeness (QED) is 0.784. The van der Waals surface area contributed by atoms with E-state index in [1.165, 1.54) is 0 Å². The maximum Gasteiger partial charge on any atom is 0.228 e. The van der Waals surface area contributed by atoms with Crippen LogP contribution in [0, 0.1) is 6.92 Å². The maximum absolute atomic E-state index is 12.2. The van der Waals surface area contributed by atoms with Crippen LogP contribution in [-0.4, -0.2) is 46.2 Å². The van der Waals surface area contributed by atoms with Gasteiger partial charge in [0.2, 0.25) is 5.91 Å². The van der Waals surface area contributed by atoms with Crippen LogP contribution in [0.5, 0.6) is 0 Å². The molecule has 2 rings (SSSR count). The van der Waals surface area contributed by atoms with Gasteiger partial charge in [0.1, 0.15) is 0 Å². The van der Waals surface area contributed by atoms with Crippen molar-refractivity contribution < 1.29 is 4.79 Å². The first-order valence-corrected chi connectivity index (χ1v) is 6.11. The Morgan fingerprint density at radius 1 is 1.59 bits per heavy atom. The number of hydrogen-bond acceptors (Lipinski definition) is 3. The van der Waals surface area contributed by atoms with Crippen LogP contribution in [0.2, 0.25) is 0 Å². The predicted molar refractivity (Wildman–Crippen MR) is 65.7 cm³/mol. The molecule has 1 aliphatic heterocycles. The lowest BCUT2D eigenvalue weighted by atomic mass is 10.1. The smallest absolute Gasteiger partial charge is 0.228 e. The molecule has 0 radical (unpaired) electrons. The second-order valence-electron chi connectivity index (χ2n) is 4.79. The van der Waals surface area contributed by atoms with Gasteiger partial charge in [-0.2, -0.15) is 5.10 Å². The van der Waals surface area contributed by atoms with E-state index in [1.54, 1.807) is 0 Å². The van der Waals surface area contributed by atoms with E-state index in [1.807, 2.05) is 17.9 Å². The van der Waals surface area contributed by atoms with Gasteiger partial charge >= 0.3 is 0 Å². The molecule has 0 saturated carbocycles. The summed E-state index contributed by atoms with van der Waals surface area (Å²) in [5.41, 5.74) is 1.82. The number of carbonyl (C=O) groups excluding carboxylic acids is 1. The van der Waals surface area contributed by atoms with E-state index in [2.05, 4.69) is 29.4 Å². The zero-order valence-electron chi connectivity index (χ0n) is 10.7. The number of aromatic amines is 1. The van der Waals surface area contributed by atoms with Gasteiger partial charge in [-0.05, 0) is 26.8 Å². The number of hydrogen-bond donors (Lipinski definition) is 2. The van der Waals surface area contributed by atoms with Crippen LogP contribution in [0.25, 0.3) is 0 Å². The molecule has 2 N–H and O–H groups in total. The number of amides is 1. The first-order valence-electron chi connectivity index (χ1n) is 6.11. The lowest BCUT2D eigenvalue weighted by Gasteiger charge is -2.38. The maximum atomic E-state index is 12.2. The van der Waals surface area contributed by atoms with Gasteiger partial charge in [0, 0.05) is 30.9 Å². The van der Waals surface area contributed by atoms with Gasteiger partial charge in [0.05, 0.1) is 12.1 Å². The minimum Gasteiger partial charge on any atom is -0.337 e. The number of nitrogens with zero attached hydrogens (tertiary/aromatic N) is 2. The molecule has 1 aromatic rings. The lowest BCUT2D eigenvalue weighted by Crippen LogP contribution is -2.57. The first-order chi connectivity index (χ1) is 8.08. The third-order valence-corrected chi connectivity index (χ3v) is 3.45. The van der Waals surface area contributed by atoms with Crippen LogP contribution in [0.15, 0.2) is 6.07 Å². The van der Waals surface area contributed by atoms with Crippen LogP contribution < -0.4 is 5.32 Å². The molecule has 2 atom stereocenters. The molecule has 5 nitrogen and oxygen atoms in total. The lowest BCUT2D eigenvalue weighted by molar-refractivity contribution is -0.134. The number of carbonyl (C=O) groups is 1. The number of nitrogens with one attached hydrogen (secondary N) is 2. The predicted octanol–water partition coefficient (Wildman–Crippen LogP) is 0.469. The summed E-state index contributed by atoms with van der Waals surface area (Å²) in [6, 6.07) is 2.53. The van der Waals surface area contributed by atoms with Gasteiger partial charge in [-0.25, -0.2) is 0 Å². The number of aromatic nitrogens is 2. The summed E-state index contributed by atoms with van der Waals surface area (Å²) in [5, 5.41) is 10.3. The molecular formula is C12H20N4O. The molecule has 0 aliphatic carbocycles. The Morgan fingerprint density at radius 3 is 3.00 bits per heavy atom. The highest BCUT2D eigenvalue weighted by molar-refractivity contribution is 5.78. The molecule has 2 heterocycles. The Labute approximate surface area is 102 Å². The minimum atomic E-state index is 0.164. The van der Waals surface area contributed by atoms with E-state index in [4.69, 9.17) is 0 Å². The van der Waals surface area contributed by atoms with Crippen molar-refractivity contribution in [2.75, 3.05) is 13.1 Å². The van der Waals surface area contributed by atoms with E-state index in [0.29, 0.717) is 12.5 Å². The van der Waals surface area contributed by atoms with Crippen molar-refractivity contribution in [3.05, 3.63) is 17.5 Å². The number of H-pyrrole nitrogens is 1. The Balaban J connectivity index is 1.99. The van der Waals surface area contributed by atoms with E-state index in [9.17, 15) is 4.79 Å². The van der Waals surface area contributed by atoms with Crippen molar-refractivity contribution in [2.24, 2.45) is 0 Å². The molecule has 0 aromatic carbocycles. The van der Waals surface area contributed by atoms with Crippen LogP contribution in [0.3, 0.4) is 0 Å². The van der Waals surface area contributed by atoms with Crippen molar-refractivity contribution in [1.82, 2.24) is 20.4 Å². The van der Waals surface area contributed by atoms with Gasteiger partial charge in [0.15, 0.2) is 0 Å². The molecule has 94 valence electrons. The first kappa shape index (κ1) is 12.1. The second kappa shape index (κ2) is 4.87. The van der Waals surface area contributed by atoms with E-state index >= 15 is 0 Å².